The Morgan fingerprint density at radius 1 is 1.28 bits per heavy atom. The van der Waals surface area contributed by atoms with Crippen molar-refractivity contribution in [3.05, 3.63) is 35.4 Å². The first-order valence-electron chi connectivity index (χ1n) is 10.2. The van der Waals surface area contributed by atoms with Gasteiger partial charge in [-0.15, -0.1) is 0 Å². The van der Waals surface area contributed by atoms with Crippen LogP contribution in [-0.2, 0) is 4.74 Å². The molecule has 1 aliphatic rings. The van der Waals surface area contributed by atoms with E-state index in [1.165, 1.54) is 18.2 Å². The summed E-state index contributed by atoms with van der Waals surface area (Å²) < 4.78 is 33.6. The third-order valence-corrected chi connectivity index (χ3v) is 5.39. The SMILES string of the molecule is CN=C(NCC(c1c(F)cccc1F)N(C)C)NC1CCN(CCCOC)CC1. The van der Waals surface area contributed by atoms with Crippen molar-refractivity contribution in [2.24, 2.45) is 4.99 Å². The molecule has 1 atom stereocenters. The molecule has 0 spiro atoms. The van der Waals surface area contributed by atoms with Gasteiger partial charge in [0.25, 0.3) is 0 Å². The van der Waals surface area contributed by atoms with Crippen molar-refractivity contribution in [2.75, 3.05) is 61.0 Å². The van der Waals surface area contributed by atoms with Crippen molar-refractivity contribution in [3.8, 4) is 0 Å². The summed E-state index contributed by atoms with van der Waals surface area (Å²) in [5.74, 6) is -0.407. The highest BCUT2D eigenvalue weighted by Crippen LogP contribution is 2.23. The molecule has 1 saturated heterocycles. The number of guanidine groups is 1. The Hall–Kier alpha value is -1.77. The Kier molecular flexibility index (Phi) is 9.76. The largest absolute Gasteiger partial charge is 0.385 e. The summed E-state index contributed by atoms with van der Waals surface area (Å²) in [4.78, 5) is 8.55. The van der Waals surface area contributed by atoms with E-state index in [4.69, 9.17) is 4.74 Å². The van der Waals surface area contributed by atoms with Crippen LogP contribution >= 0.6 is 0 Å². The van der Waals surface area contributed by atoms with Crippen molar-refractivity contribution in [1.29, 1.82) is 0 Å². The zero-order valence-electron chi connectivity index (χ0n) is 18.0. The number of benzene rings is 1. The number of rotatable bonds is 9. The van der Waals surface area contributed by atoms with Crippen LogP contribution in [0.15, 0.2) is 23.2 Å². The van der Waals surface area contributed by atoms with Gasteiger partial charge < -0.3 is 25.2 Å². The van der Waals surface area contributed by atoms with Gasteiger partial charge >= 0.3 is 0 Å². The van der Waals surface area contributed by atoms with E-state index in [0.29, 0.717) is 18.5 Å². The summed E-state index contributed by atoms with van der Waals surface area (Å²) >= 11 is 0. The van der Waals surface area contributed by atoms with Gasteiger partial charge in [-0.2, -0.15) is 0 Å². The molecule has 1 aromatic carbocycles. The van der Waals surface area contributed by atoms with E-state index < -0.39 is 17.7 Å². The fourth-order valence-corrected chi connectivity index (χ4v) is 3.69. The third-order valence-electron chi connectivity index (χ3n) is 5.39. The van der Waals surface area contributed by atoms with Crippen molar-refractivity contribution in [1.82, 2.24) is 20.4 Å². The molecule has 1 aliphatic heterocycles. The minimum absolute atomic E-state index is 0.0739. The highest BCUT2D eigenvalue weighted by Gasteiger charge is 2.24. The molecule has 2 N–H and O–H groups in total. The van der Waals surface area contributed by atoms with E-state index in [1.807, 2.05) is 14.1 Å². The van der Waals surface area contributed by atoms with Gasteiger partial charge in [0.15, 0.2) is 5.96 Å². The van der Waals surface area contributed by atoms with Crippen LogP contribution < -0.4 is 10.6 Å². The van der Waals surface area contributed by atoms with E-state index in [9.17, 15) is 8.78 Å². The Labute approximate surface area is 173 Å². The smallest absolute Gasteiger partial charge is 0.191 e. The third kappa shape index (κ3) is 7.21. The van der Waals surface area contributed by atoms with Gasteiger partial charge in [0.1, 0.15) is 11.6 Å². The summed E-state index contributed by atoms with van der Waals surface area (Å²) in [6, 6.07) is 3.86. The lowest BCUT2D eigenvalue weighted by atomic mass is 10.0. The summed E-state index contributed by atoms with van der Waals surface area (Å²) in [6.07, 6.45) is 3.12. The van der Waals surface area contributed by atoms with Crippen LogP contribution in [0.4, 0.5) is 8.78 Å². The van der Waals surface area contributed by atoms with Crippen LogP contribution in [0.1, 0.15) is 30.9 Å². The average Bonchev–Trinajstić information content (AvgIpc) is 2.70. The lowest BCUT2D eigenvalue weighted by Gasteiger charge is -2.33. The standard InChI is InChI=1S/C21H35F2N5O/c1-24-21(26-16-9-12-28(13-10-16)11-6-14-29-4)25-15-19(27(2)3)20-17(22)7-5-8-18(20)23/h5,7-8,16,19H,6,9-15H2,1-4H3,(H2,24,25,26). The first kappa shape index (κ1) is 23.5. The number of likely N-dealkylation sites (N-methyl/N-ethyl adjacent to an activating group) is 1. The number of hydrogen-bond acceptors (Lipinski definition) is 4. The molecule has 0 aliphatic carbocycles. The molecule has 6 nitrogen and oxygen atoms in total. The molecule has 0 saturated carbocycles. The second-order valence-electron chi connectivity index (χ2n) is 7.67. The second-order valence-corrected chi connectivity index (χ2v) is 7.67. The first-order valence-corrected chi connectivity index (χ1v) is 10.2. The highest BCUT2D eigenvalue weighted by atomic mass is 19.1. The first-order chi connectivity index (χ1) is 14.0. The van der Waals surface area contributed by atoms with E-state index in [1.54, 1.807) is 19.1 Å². The van der Waals surface area contributed by atoms with Crippen LogP contribution in [0.5, 0.6) is 0 Å². The van der Waals surface area contributed by atoms with Crippen LogP contribution in [0.25, 0.3) is 0 Å². The zero-order valence-corrected chi connectivity index (χ0v) is 18.0. The van der Waals surface area contributed by atoms with Gasteiger partial charge in [-0.25, -0.2) is 8.78 Å². The number of nitrogens with zero attached hydrogens (tertiary/aromatic N) is 3. The maximum atomic E-state index is 14.2. The highest BCUT2D eigenvalue weighted by molar-refractivity contribution is 5.80. The second kappa shape index (κ2) is 12.0. The molecule has 1 aromatic rings. The lowest BCUT2D eigenvalue weighted by molar-refractivity contribution is 0.155. The summed E-state index contributed by atoms with van der Waals surface area (Å²) in [7, 11) is 7.07. The van der Waals surface area contributed by atoms with Crippen LogP contribution in [0, 0.1) is 11.6 Å². The number of halogens is 2. The molecule has 0 radical (unpaired) electrons. The maximum Gasteiger partial charge on any atom is 0.191 e. The summed E-state index contributed by atoms with van der Waals surface area (Å²) in [6.45, 7) is 4.29. The number of hydrogen-bond donors (Lipinski definition) is 2. The number of piperidine rings is 1. The maximum absolute atomic E-state index is 14.2. The van der Waals surface area contributed by atoms with E-state index in [0.717, 1.165) is 45.5 Å². The molecule has 8 heteroatoms. The lowest BCUT2D eigenvalue weighted by Crippen LogP contribution is -2.50. The molecule has 1 unspecified atom stereocenters. The van der Waals surface area contributed by atoms with Gasteiger partial charge in [-0.1, -0.05) is 6.07 Å². The van der Waals surface area contributed by atoms with Gasteiger partial charge in [-0.05, 0) is 45.5 Å². The summed E-state index contributed by atoms with van der Waals surface area (Å²) in [5.41, 5.74) is 0.0739. The Balaban J connectivity index is 1.87. The predicted octanol–water partition coefficient (Wildman–Crippen LogP) is 2.23. The molecule has 1 heterocycles. The molecular formula is C21H35F2N5O. The normalized spacial score (nSPS) is 17.6. The molecule has 29 heavy (non-hydrogen) atoms. The number of methoxy groups -OCH3 is 1. The molecule has 2 rings (SSSR count). The number of aliphatic imine (C=N–C) groups is 1. The van der Waals surface area contributed by atoms with E-state index in [2.05, 4.69) is 20.5 Å². The van der Waals surface area contributed by atoms with Gasteiger partial charge in [-0.3, -0.25) is 4.99 Å². The van der Waals surface area contributed by atoms with Crippen molar-refractivity contribution >= 4 is 5.96 Å². The van der Waals surface area contributed by atoms with Crippen LogP contribution in [0.2, 0.25) is 0 Å². The van der Waals surface area contributed by atoms with Crippen LogP contribution in [-0.4, -0.2) is 82.8 Å². The zero-order chi connectivity index (χ0) is 21.2. The number of ether oxygens (including phenoxy) is 1. The monoisotopic (exact) mass is 411 g/mol. The Morgan fingerprint density at radius 3 is 2.48 bits per heavy atom. The van der Waals surface area contributed by atoms with Gasteiger partial charge in [0.2, 0.25) is 0 Å². The minimum Gasteiger partial charge on any atom is -0.385 e. The van der Waals surface area contributed by atoms with Crippen LogP contribution in [0.3, 0.4) is 0 Å². The number of likely N-dealkylation sites (tertiary alicyclic amines) is 1. The van der Waals surface area contributed by atoms with Crippen molar-refractivity contribution in [3.63, 3.8) is 0 Å². The molecule has 1 fully saturated rings. The Bertz CT molecular complexity index is 628. The van der Waals surface area contributed by atoms with Gasteiger partial charge in [0, 0.05) is 58.5 Å². The minimum atomic E-state index is -0.533. The fraction of sp³-hybridized carbons (Fsp3) is 0.667. The van der Waals surface area contributed by atoms with Crippen molar-refractivity contribution < 1.29 is 13.5 Å². The molecule has 164 valence electrons. The Morgan fingerprint density at radius 2 is 1.93 bits per heavy atom. The predicted molar refractivity (Wildman–Crippen MR) is 113 cm³/mol. The fourth-order valence-electron chi connectivity index (χ4n) is 3.69. The molecular weight excluding hydrogens is 376 g/mol. The average molecular weight is 412 g/mol. The van der Waals surface area contributed by atoms with Gasteiger partial charge in [0.05, 0.1) is 6.04 Å². The topological polar surface area (TPSA) is 52.1 Å². The van der Waals surface area contributed by atoms with E-state index in [-0.39, 0.29) is 5.56 Å². The number of nitrogens with one attached hydrogen (secondary N) is 2. The molecule has 0 aromatic heterocycles. The van der Waals surface area contributed by atoms with E-state index >= 15 is 0 Å². The molecule has 0 amide bonds. The quantitative estimate of drug-likeness (QED) is 0.371. The van der Waals surface area contributed by atoms with Crippen molar-refractivity contribution in [2.45, 2.75) is 31.3 Å². The summed E-state index contributed by atoms with van der Waals surface area (Å²) in [5, 5.41) is 6.69. The molecule has 0 bridgehead atoms.